The van der Waals surface area contributed by atoms with Gasteiger partial charge in [0.2, 0.25) is 0 Å². The first-order chi connectivity index (χ1) is 18.2. The van der Waals surface area contributed by atoms with Crippen molar-refractivity contribution in [1.82, 2.24) is 10.3 Å². The number of benzene rings is 3. The molecule has 4 aromatic rings. The molecule has 1 aromatic heterocycles. The Morgan fingerprint density at radius 1 is 1.05 bits per heavy atom. The number of rotatable bonds is 7. The smallest absolute Gasteiger partial charge is 0.417 e. The number of aliphatic hydroxyl groups excluding tert-OH is 1. The van der Waals surface area contributed by atoms with Gasteiger partial charge < -0.3 is 20.1 Å². The van der Waals surface area contributed by atoms with Crippen LogP contribution in [0.4, 0.5) is 13.2 Å². The van der Waals surface area contributed by atoms with Gasteiger partial charge in [0.05, 0.1) is 29.9 Å². The first kappa shape index (κ1) is 26.8. The molecule has 0 spiro atoms. The summed E-state index contributed by atoms with van der Waals surface area (Å²) in [7, 11) is 0. The molecule has 3 aromatic carbocycles. The number of para-hydroxylation sites is 1. The Morgan fingerprint density at radius 3 is 2.53 bits per heavy atom. The SMILES string of the molecule is CC(C)Oc1ccc(C#Cc2ccccc2C(F)(F)F)cc1C(=O)N[C@@H](CO)Cc1c[nH]c2ccccc12. The van der Waals surface area contributed by atoms with E-state index in [-0.39, 0.29) is 23.8 Å². The molecule has 4 rings (SSSR count). The zero-order valence-electron chi connectivity index (χ0n) is 20.9. The van der Waals surface area contributed by atoms with Crippen molar-refractivity contribution in [3.8, 4) is 17.6 Å². The summed E-state index contributed by atoms with van der Waals surface area (Å²) in [5.74, 6) is 5.13. The third-order valence-corrected chi connectivity index (χ3v) is 5.86. The summed E-state index contributed by atoms with van der Waals surface area (Å²) in [5.41, 5.74) is 1.44. The lowest BCUT2D eigenvalue weighted by molar-refractivity contribution is -0.137. The van der Waals surface area contributed by atoms with Gasteiger partial charge in [0.15, 0.2) is 0 Å². The minimum Gasteiger partial charge on any atom is -0.490 e. The van der Waals surface area contributed by atoms with E-state index in [0.717, 1.165) is 22.5 Å². The molecule has 0 unspecified atom stereocenters. The Morgan fingerprint density at radius 2 is 1.79 bits per heavy atom. The third kappa shape index (κ3) is 6.36. The average Bonchev–Trinajstić information content (AvgIpc) is 3.29. The molecular weight excluding hydrogens is 493 g/mol. The molecular formula is C30H27F3N2O3. The highest BCUT2D eigenvalue weighted by atomic mass is 19.4. The van der Waals surface area contributed by atoms with Gasteiger partial charge in [-0.15, -0.1) is 0 Å². The zero-order valence-corrected chi connectivity index (χ0v) is 20.9. The van der Waals surface area contributed by atoms with Crippen LogP contribution in [0.3, 0.4) is 0 Å². The predicted molar refractivity (Wildman–Crippen MR) is 140 cm³/mol. The Labute approximate surface area is 218 Å². The molecule has 0 radical (unpaired) electrons. The lowest BCUT2D eigenvalue weighted by Crippen LogP contribution is -2.39. The number of amides is 1. The van der Waals surface area contributed by atoms with Crippen LogP contribution in [0.5, 0.6) is 5.75 Å². The Balaban J connectivity index is 1.61. The van der Waals surface area contributed by atoms with Crippen molar-refractivity contribution in [2.24, 2.45) is 0 Å². The van der Waals surface area contributed by atoms with Crippen molar-refractivity contribution in [3.63, 3.8) is 0 Å². The first-order valence-corrected chi connectivity index (χ1v) is 12.1. The summed E-state index contributed by atoms with van der Waals surface area (Å²) in [5, 5.41) is 13.8. The predicted octanol–water partition coefficient (Wildman–Crippen LogP) is 5.71. The standard InChI is InChI=1S/C30H27F3N2O3/c1-19(2)38-28-14-12-20(11-13-21-7-3-5-9-26(21)30(31,32)33)15-25(28)29(37)35-23(18-36)16-22-17-34-27-10-6-4-8-24(22)27/h3-10,12,14-15,17,19,23,34,36H,16,18H2,1-2H3,(H,35,37)/t23-/m1/s1. The Kier molecular flexibility index (Phi) is 8.08. The summed E-state index contributed by atoms with van der Waals surface area (Å²) >= 11 is 0. The molecule has 0 fully saturated rings. The van der Waals surface area contributed by atoms with Crippen LogP contribution in [-0.2, 0) is 12.6 Å². The Hall–Kier alpha value is -4.22. The molecule has 0 aliphatic rings. The quantitative estimate of drug-likeness (QED) is 0.274. The van der Waals surface area contributed by atoms with Gasteiger partial charge in [-0.25, -0.2) is 0 Å². The summed E-state index contributed by atoms with van der Waals surface area (Å²) in [4.78, 5) is 16.5. The maximum Gasteiger partial charge on any atom is 0.417 e. The van der Waals surface area contributed by atoms with Crippen molar-refractivity contribution in [2.45, 2.75) is 38.6 Å². The fourth-order valence-corrected chi connectivity index (χ4v) is 4.11. The van der Waals surface area contributed by atoms with Gasteiger partial charge in [0.25, 0.3) is 5.91 Å². The van der Waals surface area contributed by atoms with E-state index in [2.05, 4.69) is 22.1 Å². The molecule has 0 aliphatic heterocycles. The summed E-state index contributed by atoms with van der Waals surface area (Å²) < 4.78 is 45.8. The molecule has 196 valence electrons. The average molecular weight is 521 g/mol. The second-order valence-corrected chi connectivity index (χ2v) is 9.09. The van der Waals surface area contributed by atoms with Gasteiger partial charge in [-0.3, -0.25) is 4.79 Å². The van der Waals surface area contributed by atoms with E-state index in [0.29, 0.717) is 17.7 Å². The molecule has 0 saturated carbocycles. The van der Waals surface area contributed by atoms with Crippen molar-refractivity contribution >= 4 is 16.8 Å². The third-order valence-electron chi connectivity index (χ3n) is 5.86. The largest absolute Gasteiger partial charge is 0.490 e. The van der Waals surface area contributed by atoms with Crippen LogP contribution in [0.1, 0.15) is 46.5 Å². The lowest BCUT2D eigenvalue weighted by atomic mass is 10.0. The number of nitrogens with one attached hydrogen (secondary N) is 2. The van der Waals surface area contributed by atoms with Gasteiger partial charge in [0, 0.05) is 28.2 Å². The Bertz CT molecular complexity index is 1500. The highest BCUT2D eigenvalue weighted by Gasteiger charge is 2.32. The number of hydrogen-bond acceptors (Lipinski definition) is 3. The molecule has 1 atom stereocenters. The molecule has 3 N–H and O–H groups in total. The number of aliphatic hydroxyl groups is 1. The number of hydrogen-bond donors (Lipinski definition) is 3. The number of halogens is 3. The number of H-pyrrole nitrogens is 1. The fraction of sp³-hybridized carbons (Fsp3) is 0.233. The molecule has 0 saturated heterocycles. The van der Waals surface area contributed by atoms with Crippen LogP contribution >= 0.6 is 0 Å². The van der Waals surface area contributed by atoms with Crippen LogP contribution in [0, 0.1) is 11.8 Å². The van der Waals surface area contributed by atoms with Crippen LogP contribution < -0.4 is 10.1 Å². The highest BCUT2D eigenvalue weighted by molar-refractivity contribution is 5.97. The fourth-order valence-electron chi connectivity index (χ4n) is 4.11. The highest BCUT2D eigenvalue weighted by Crippen LogP contribution is 2.31. The summed E-state index contributed by atoms with van der Waals surface area (Å²) in [6, 6.07) is 16.9. The normalized spacial score (nSPS) is 12.2. The minimum absolute atomic E-state index is 0.160. The van der Waals surface area contributed by atoms with Crippen LogP contribution in [0.25, 0.3) is 10.9 Å². The number of carbonyl (C=O) groups is 1. The van der Waals surface area contributed by atoms with Gasteiger partial charge in [-0.1, -0.05) is 42.2 Å². The number of fused-ring (bicyclic) bond motifs is 1. The van der Waals surface area contributed by atoms with Crippen molar-refractivity contribution in [3.05, 3.63) is 101 Å². The van der Waals surface area contributed by atoms with Crippen LogP contribution in [0.15, 0.2) is 72.9 Å². The maximum absolute atomic E-state index is 13.3. The molecule has 8 heteroatoms. The van der Waals surface area contributed by atoms with E-state index in [1.165, 1.54) is 24.3 Å². The maximum atomic E-state index is 13.3. The van der Waals surface area contributed by atoms with E-state index in [1.54, 1.807) is 12.1 Å². The molecule has 0 bridgehead atoms. The number of alkyl halides is 3. The van der Waals surface area contributed by atoms with Crippen molar-refractivity contribution in [2.75, 3.05) is 6.61 Å². The molecule has 1 heterocycles. The topological polar surface area (TPSA) is 74.3 Å². The molecule has 5 nitrogen and oxygen atoms in total. The number of carbonyl (C=O) groups excluding carboxylic acids is 1. The lowest BCUT2D eigenvalue weighted by Gasteiger charge is -2.19. The van der Waals surface area contributed by atoms with Crippen LogP contribution in [-0.4, -0.2) is 34.8 Å². The van der Waals surface area contributed by atoms with E-state index >= 15 is 0 Å². The number of aromatic amines is 1. The number of aromatic nitrogens is 1. The first-order valence-electron chi connectivity index (χ1n) is 12.1. The van der Waals surface area contributed by atoms with Crippen molar-refractivity contribution < 1.29 is 27.8 Å². The second kappa shape index (κ2) is 11.4. The molecule has 0 aliphatic carbocycles. The van der Waals surface area contributed by atoms with Crippen LogP contribution in [0.2, 0.25) is 0 Å². The van der Waals surface area contributed by atoms with E-state index in [4.69, 9.17) is 4.74 Å². The van der Waals surface area contributed by atoms with E-state index < -0.39 is 23.7 Å². The van der Waals surface area contributed by atoms with E-state index in [9.17, 15) is 23.1 Å². The van der Waals surface area contributed by atoms with Gasteiger partial charge in [-0.2, -0.15) is 13.2 Å². The monoisotopic (exact) mass is 520 g/mol. The van der Waals surface area contributed by atoms with Gasteiger partial charge in [-0.05, 0) is 62.2 Å². The van der Waals surface area contributed by atoms with E-state index in [1.807, 2.05) is 44.3 Å². The summed E-state index contributed by atoms with van der Waals surface area (Å²) in [6.45, 7) is 3.34. The molecule has 38 heavy (non-hydrogen) atoms. The van der Waals surface area contributed by atoms with Gasteiger partial charge in [0.1, 0.15) is 5.75 Å². The van der Waals surface area contributed by atoms with Gasteiger partial charge >= 0.3 is 6.18 Å². The number of ether oxygens (including phenoxy) is 1. The minimum atomic E-state index is -4.53. The summed E-state index contributed by atoms with van der Waals surface area (Å²) in [6.07, 6.45) is -2.52. The zero-order chi connectivity index (χ0) is 27.3. The second-order valence-electron chi connectivity index (χ2n) is 9.09. The molecule has 1 amide bonds. The van der Waals surface area contributed by atoms with Crippen molar-refractivity contribution in [1.29, 1.82) is 0 Å².